The number of carbonyl (C=O) groups is 1. The minimum Gasteiger partial charge on any atom is -0.497 e. The number of anilines is 2. The number of fused-ring (bicyclic) bond motifs is 1. The van der Waals surface area contributed by atoms with Gasteiger partial charge < -0.3 is 14.8 Å². The Morgan fingerprint density at radius 2 is 1.61 bits per heavy atom. The van der Waals surface area contributed by atoms with E-state index in [0.29, 0.717) is 17.1 Å². The highest BCUT2D eigenvalue weighted by molar-refractivity contribution is 7.92. The van der Waals surface area contributed by atoms with Crippen LogP contribution in [0.25, 0.3) is 0 Å². The van der Waals surface area contributed by atoms with E-state index < -0.39 is 10.0 Å². The molecule has 0 radical (unpaired) electrons. The fourth-order valence-electron chi connectivity index (χ4n) is 3.96. The van der Waals surface area contributed by atoms with Gasteiger partial charge in [-0.1, -0.05) is 18.2 Å². The van der Waals surface area contributed by atoms with E-state index in [-0.39, 0.29) is 23.0 Å². The van der Waals surface area contributed by atoms with Crippen molar-refractivity contribution >= 4 is 27.3 Å². The first-order valence-electron chi connectivity index (χ1n) is 10.6. The number of sulfonamides is 1. The van der Waals surface area contributed by atoms with Crippen molar-refractivity contribution in [3.05, 3.63) is 77.4 Å². The van der Waals surface area contributed by atoms with Crippen molar-refractivity contribution in [2.24, 2.45) is 0 Å². The van der Waals surface area contributed by atoms with Crippen LogP contribution in [0.4, 0.5) is 11.4 Å². The summed E-state index contributed by atoms with van der Waals surface area (Å²) in [7, 11) is -1.03. The van der Waals surface area contributed by atoms with Gasteiger partial charge in [-0.3, -0.25) is 9.52 Å². The summed E-state index contributed by atoms with van der Waals surface area (Å²) in [5, 5.41) is 2.80. The van der Waals surface area contributed by atoms with Gasteiger partial charge in [0.2, 0.25) is 5.91 Å². The number of hydrogen-bond donors (Lipinski definition) is 2. The first-order valence-corrected chi connectivity index (χ1v) is 12.1. The van der Waals surface area contributed by atoms with E-state index in [2.05, 4.69) is 22.2 Å². The molecule has 4 rings (SSSR count). The van der Waals surface area contributed by atoms with Crippen LogP contribution in [0.3, 0.4) is 0 Å². The third-order valence-corrected chi connectivity index (χ3v) is 7.01. The van der Waals surface area contributed by atoms with Gasteiger partial charge in [-0.2, -0.15) is 0 Å². The van der Waals surface area contributed by atoms with Crippen LogP contribution in [0.5, 0.6) is 11.5 Å². The molecule has 0 aromatic heterocycles. The molecule has 7 nitrogen and oxygen atoms in total. The van der Waals surface area contributed by atoms with E-state index in [1.807, 2.05) is 6.07 Å². The second kappa shape index (κ2) is 9.54. The fourth-order valence-corrected chi connectivity index (χ4v) is 5.21. The molecule has 1 aliphatic carbocycles. The molecule has 3 aromatic carbocycles. The minimum atomic E-state index is -3.97. The molecule has 3 aromatic rings. The molecule has 1 aliphatic rings. The van der Waals surface area contributed by atoms with Crippen LogP contribution >= 0.6 is 0 Å². The molecular formula is C25H26N2O5S. The molecule has 0 saturated carbocycles. The van der Waals surface area contributed by atoms with E-state index in [4.69, 9.17) is 9.47 Å². The van der Waals surface area contributed by atoms with Crippen LogP contribution in [0.15, 0.2) is 65.6 Å². The monoisotopic (exact) mass is 466 g/mol. The Balaban J connectivity index is 1.51. The zero-order valence-corrected chi connectivity index (χ0v) is 19.4. The number of carbonyl (C=O) groups excluding carboxylic acids is 1. The zero-order valence-electron chi connectivity index (χ0n) is 18.6. The Bertz CT molecular complexity index is 1270. The molecule has 0 spiro atoms. The Hall–Kier alpha value is -3.52. The van der Waals surface area contributed by atoms with Crippen LogP contribution in [0, 0.1) is 0 Å². The quantitative estimate of drug-likeness (QED) is 0.520. The predicted octanol–water partition coefficient (Wildman–Crippen LogP) is 4.17. The van der Waals surface area contributed by atoms with E-state index in [9.17, 15) is 13.2 Å². The summed E-state index contributed by atoms with van der Waals surface area (Å²) >= 11 is 0. The van der Waals surface area contributed by atoms with Gasteiger partial charge in [0.1, 0.15) is 16.4 Å². The standard InChI is InChI=1S/C25H26N2O5S/c1-31-22-11-8-20(9-12-22)27-33(29,30)24-16-21(10-13-23(24)32-2)26-25(28)15-17-6-7-18-4-3-5-19(18)14-17/h6-14,16,27H,3-5,15H2,1-2H3,(H,26,28). The number of methoxy groups -OCH3 is 2. The van der Waals surface area contributed by atoms with E-state index in [1.165, 1.54) is 37.5 Å². The van der Waals surface area contributed by atoms with Gasteiger partial charge >= 0.3 is 0 Å². The molecule has 0 saturated heterocycles. The van der Waals surface area contributed by atoms with Crippen molar-refractivity contribution in [3.8, 4) is 11.5 Å². The summed E-state index contributed by atoms with van der Waals surface area (Å²) in [6.45, 7) is 0. The maximum Gasteiger partial charge on any atom is 0.265 e. The number of benzene rings is 3. The molecule has 1 amide bonds. The third kappa shape index (κ3) is 5.28. The number of rotatable bonds is 8. The van der Waals surface area contributed by atoms with Crippen LogP contribution in [0.2, 0.25) is 0 Å². The van der Waals surface area contributed by atoms with Crippen molar-refractivity contribution in [2.45, 2.75) is 30.6 Å². The van der Waals surface area contributed by atoms with Crippen LogP contribution in [-0.4, -0.2) is 28.5 Å². The highest BCUT2D eigenvalue weighted by Crippen LogP contribution is 2.29. The molecule has 172 valence electrons. The van der Waals surface area contributed by atoms with Gasteiger partial charge in [0.05, 0.1) is 20.6 Å². The van der Waals surface area contributed by atoms with Gasteiger partial charge in [0.25, 0.3) is 10.0 Å². The molecule has 0 fully saturated rings. The molecule has 0 heterocycles. The lowest BCUT2D eigenvalue weighted by atomic mass is 10.0. The normalized spacial score (nSPS) is 12.7. The topological polar surface area (TPSA) is 93.7 Å². The number of nitrogens with one attached hydrogen (secondary N) is 2. The lowest BCUT2D eigenvalue weighted by molar-refractivity contribution is -0.115. The van der Waals surface area contributed by atoms with Crippen LogP contribution in [-0.2, 0) is 34.1 Å². The van der Waals surface area contributed by atoms with Gasteiger partial charge in [0, 0.05) is 11.4 Å². The van der Waals surface area contributed by atoms with Crippen LogP contribution in [0.1, 0.15) is 23.1 Å². The van der Waals surface area contributed by atoms with Crippen molar-refractivity contribution < 1.29 is 22.7 Å². The molecule has 0 unspecified atom stereocenters. The molecule has 8 heteroatoms. The van der Waals surface area contributed by atoms with Gasteiger partial charge in [-0.05, 0) is 78.4 Å². The van der Waals surface area contributed by atoms with Crippen molar-refractivity contribution in [1.82, 2.24) is 0 Å². The number of aryl methyl sites for hydroxylation is 2. The molecule has 0 atom stereocenters. The van der Waals surface area contributed by atoms with Crippen molar-refractivity contribution in [2.75, 3.05) is 24.3 Å². The number of amides is 1. The Kier molecular flexibility index (Phi) is 6.55. The second-order valence-corrected chi connectivity index (χ2v) is 9.53. The Labute approximate surface area is 193 Å². The molecule has 0 bridgehead atoms. The first kappa shape index (κ1) is 22.7. The van der Waals surface area contributed by atoms with E-state index in [1.54, 1.807) is 30.3 Å². The molecule has 2 N–H and O–H groups in total. The summed E-state index contributed by atoms with van der Waals surface area (Å²) in [6.07, 6.45) is 3.51. The maximum atomic E-state index is 13.0. The smallest absolute Gasteiger partial charge is 0.265 e. The minimum absolute atomic E-state index is 0.0730. The van der Waals surface area contributed by atoms with Crippen molar-refractivity contribution in [3.63, 3.8) is 0 Å². The Morgan fingerprint density at radius 1 is 0.879 bits per heavy atom. The van der Waals surface area contributed by atoms with Gasteiger partial charge in [0.15, 0.2) is 0 Å². The summed E-state index contributed by atoms with van der Waals surface area (Å²) in [5.41, 5.74) is 4.35. The molecule has 0 aliphatic heterocycles. The van der Waals surface area contributed by atoms with Crippen LogP contribution < -0.4 is 19.5 Å². The first-order chi connectivity index (χ1) is 15.9. The summed E-state index contributed by atoms with van der Waals surface area (Å²) < 4.78 is 39.0. The summed E-state index contributed by atoms with van der Waals surface area (Å²) in [4.78, 5) is 12.6. The SMILES string of the molecule is COc1ccc(NS(=O)(=O)c2cc(NC(=O)Cc3ccc4c(c3)CCC4)ccc2OC)cc1. The largest absolute Gasteiger partial charge is 0.497 e. The third-order valence-electron chi connectivity index (χ3n) is 5.61. The lowest BCUT2D eigenvalue weighted by Gasteiger charge is -2.14. The predicted molar refractivity (Wildman–Crippen MR) is 128 cm³/mol. The van der Waals surface area contributed by atoms with E-state index >= 15 is 0 Å². The summed E-state index contributed by atoms with van der Waals surface area (Å²) in [5.74, 6) is 0.570. The number of hydrogen-bond acceptors (Lipinski definition) is 5. The summed E-state index contributed by atoms with van der Waals surface area (Å²) in [6, 6.07) is 17.2. The average molecular weight is 467 g/mol. The fraction of sp³-hybridized carbons (Fsp3) is 0.240. The lowest BCUT2D eigenvalue weighted by Crippen LogP contribution is -2.17. The average Bonchev–Trinajstić information content (AvgIpc) is 3.27. The van der Waals surface area contributed by atoms with Gasteiger partial charge in [-0.15, -0.1) is 0 Å². The highest BCUT2D eigenvalue weighted by Gasteiger charge is 2.21. The Morgan fingerprint density at radius 3 is 2.33 bits per heavy atom. The van der Waals surface area contributed by atoms with Gasteiger partial charge in [-0.25, -0.2) is 8.42 Å². The zero-order chi connectivity index (χ0) is 23.4. The van der Waals surface area contributed by atoms with Crippen molar-refractivity contribution in [1.29, 1.82) is 0 Å². The second-order valence-electron chi connectivity index (χ2n) is 7.88. The maximum absolute atomic E-state index is 13.0. The molecular weight excluding hydrogens is 440 g/mol. The highest BCUT2D eigenvalue weighted by atomic mass is 32.2. The molecule has 33 heavy (non-hydrogen) atoms. The van der Waals surface area contributed by atoms with E-state index in [0.717, 1.165) is 24.8 Å². The number of ether oxygens (including phenoxy) is 2.